The van der Waals surface area contributed by atoms with E-state index in [-0.39, 0.29) is 23.8 Å². The molecule has 3 unspecified atom stereocenters. The molecule has 4 aliphatic carbocycles. The summed E-state index contributed by atoms with van der Waals surface area (Å²) in [5, 5.41) is 10.5. The highest BCUT2D eigenvalue weighted by Crippen LogP contribution is 2.38. The lowest BCUT2D eigenvalue weighted by atomic mass is 9.82. The van der Waals surface area contributed by atoms with E-state index in [1.807, 2.05) is 0 Å². The van der Waals surface area contributed by atoms with Crippen molar-refractivity contribution in [2.75, 3.05) is 0 Å². The van der Waals surface area contributed by atoms with E-state index in [1.54, 1.807) is 6.92 Å². The Morgan fingerprint density at radius 3 is 2.08 bits per heavy atom. The van der Waals surface area contributed by atoms with Crippen LogP contribution in [0.2, 0.25) is 0 Å². The van der Waals surface area contributed by atoms with Crippen molar-refractivity contribution < 1.29 is 9.59 Å². The van der Waals surface area contributed by atoms with Crippen LogP contribution in [-0.2, 0) is 9.59 Å². The third-order valence-corrected chi connectivity index (χ3v) is 10.4. The van der Waals surface area contributed by atoms with E-state index in [1.165, 1.54) is 83.5 Å². The molecule has 36 heavy (non-hydrogen) atoms. The molecule has 2 amide bonds. The lowest BCUT2D eigenvalue weighted by molar-refractivity contribution is -0.127. The molecule has 0 aromatic carbocycles. The van der Waals surface area contributed by atoms with Crippen LogP contribution in [0.25, 0.3) is 0 Å². The van der Waals surface area contributed by atoms with E-state index in [4.69, 9.17) is 0 Å². The van der Waals surface area contributed by atoms with E-state index >= 15 is 0 Å². The minimum atomic E-state index is 0.0448. The van der Waals surface area contributed by atoms with Gasteiger partial charge in [0.25, 0.3) is 0 Å². The molecule has 0 bridgehead atoms. The van der Waals surface area contributed by atoms with Gasteiger partial charge < -0.3 is 10.6 Å². The van der Waals surface area contributed by atoms with E-state index in [0.29, 0.717) is 12.2 Å². The van der Waals surface area contributed by atoms with E-state index in [0.717, 1.165) is 62.6 Å². The molecule has 1 heterocycles. The highest BCUT2D eigenvalue weighted by Gasteiger charge is 2.44. The maximum absolute atomic E-state index is 12.9. The minimum absolute atomic E-state index is 0.0448. The fourth-order valence-electron chi connectivity index (χ4n) is 8.46. The normalized spacial score (nSPS) is 38.3. The van der Waals surface area contributed by atoms with Crippen molar-refractivity contribution in [2.24, 2.45) is 11.8 Å². The van der Waals surface area contributed by atoms with Gasteiger partial charge in [-0.15, -0.1) is 0 Å². The number of hydrogen-bond acceptors (Lipinski definition) is 4. The van der Waals surface area contributed by atoms with Crippen LogP contribution in [0.15, 0.2) is 0 Å². The predicted octanol–water partition coefficient (Wildman–Crippen LogP) is 5.01. The van der Waals surface area contributed by atoms with Gasteiger partial charge in [0.1, 0.15) is 0 Å². The van der Waals surface area contributed by atoms with Crippen LogP contribution < -0.4 is 16.0 Å². The topological polar surface area (TPSA) is 73.5 Å². The molecule has 3 N–H and O–H groups in total. The summed E-state index contributed by atoms with van der Waals surface area (Å²) in [7, 11) is 0. The summed E-state index contributed by atoms with van der Waals surface area (Å²) in [6.45, 7) is 1.58. The Labute approximate surface area is 219 Å². The summed E-state index contributed by atoms with van der Waals surface area (Å²) >= 11 is 0. The first kappa shape index (κ1) is 26.5. The fraction of sp³-hybridized carbons (Fsp3) is 0.933. The fourth-order valence-corrected chi connectivity index (χ4v) is 8.46. The van der Waals surface area contributed by atoms with Gasteiger partial charge >= 0.3 is 0 Å². The molecule has 6 heteroatoms. The molecule has 5 fully saturated rings. The molecule has 6 nitrogen and oxygen atoms in total. The van der Waals surface area contributed by atoms with Crippen molar-refractivity contribution >= 4 is 11.8 Å². The molecule has 1 saturated heterocycles. The Morgan fingerprint density at radius 1 is 0.722 bits per heavy atom. The largest absolute Gasteiger partial charge is 0.354 e. The third-order valence-electron chi connectivity index (χ3n) is 10.4. The molecule has 0 aromatic rings. The lowest BCUT2D eigenvalue weighted by Crippen LogP contribution is -2.48. The Balaban J connectivity index is 1.04. The van der Waals surface area contributed by atoms with Gasteiger partial charge in [0, 0.05) is 43.1 Å². The summed E-state index contributed by atoms with van der Waals surface area (Å²) in [4.78, 5) is 27.1. The summed E-state index contributed by atoms with van der Waals surface area (Å²) in [6.07, 6.45) is 24.5. The number of nitrogens with zero attached hydrogens (tertiary/aromatic N) is 1. The lowest BCUT2D eigenvalue weighted by Gasteiger charge is -2.41. The Morgan fingerprint density at radius 2 is 1.36 bits per heavy atom. The number of nitrogens with one attached hydrogen (secondary N) is 3. The molecular formula is C30H52N4O2. The number of carbonyl (C=O) groups is 2. The van der Waals surface area contributed by atoms with Gasteiger partial charge in [-0.3, -0.25) is 19.8 Å². The Bertz CT molecular complexity index is 722. The van der Waals surface area contributed by atoms with Gasteiger partial charge in [0.05, 0.1) is 6.17 Å². The summed E-state index contributed by atoms with van der Waals surface area (Å²) in [5.74, 6) is 1.27. The number of amides is 2. The van der Waals surface area contributed by atoms with Gasteiger partial charge in [0.15, 0.2) is 0 Å². The molecule has 0 aromatic heterocycles. The van der Waals surface area contributed by atoms with E-state index < -0.39 is 0 Å². The predicted molar refractivity (Wildman–Crippen MR) is 144 cm³/mol. The zero-order chi connectivity index (χ0) is 24.9. The van der Waals surface area contributed by atoms with Crippen LogP contribution in [0.1, 0.15) is 129 Å². The Hall–Kier alpha value is -1.14. The number of fused-ring (bicyclic) bond motifs is 1. The smallest absolute Gasteiger partial charge is 0.223 e. The highest BCUT2D eigenvalue weighted by molar-refractivity contribution is 5.79. The van der Waals surface area contributed by atoms with Crippen molar-refractivity contribution in [2.45, 2.75) is 165 Å². The van der Waals surface area contributed by atoms with Gasteiger partial charge in [-0.25, -0.2) is 0 Å². The van der Waals surface area contributed by atoms with Gasteiger partial charge in [-0.2, -0.15) is 0 Å². The minimum Gasteiger partial charge on any atom is -0.354 e. The van der Waals surface area contributed by atoms with Crippen molar-refractivity contribution in [1.29, 1.82) is 0 Å². The molecule has 1 aliphatic heterocycles. The van der Waals surface area contributed by atoms with Crippen LogP contribution in [-0.4, -0.2) is 53.1 Å². The molecule has 3 atom stereocenters. The molecule has 0 spiro atoms. The van der Waals surface area contributed by atoms with Crippen molar-refractivity contribution in [3.63, 3.8) is 0 Å². The van der Waals surface area contributed by atoms with Gasteiger partial charge in [-0.1, -0.05) is 32.1 Å². The van der Waals surface area contributed by atoms with Crippen molar-refractivity contribution in [1.82, 2.24) is 20.9 Å². The zero-order valence-corrected chi connectivity index (χ0v) is 22.8. The summed E-state index contributed by atoms with van der Waals surface area (Å²) in [6, 6.07) is 2.99. The van der Waals surface area contributed by atoms with Crippen LogP contribution in [0, 0.1) is 11.8 Å². The molecule has 204 valence electrons. The maximum Gasteiger partial charge on any atom is 0.223 e. The second kappa shape index (κ2) is 12.6. The molecule has 5 aliphatic rings. The first-order chi connectivity index (χ1) is 17.6. The quantitative estimate of drug-likeness (QED) is 0.459. The first-order valence-electron chi connectivity index (χ1n) is 15.7. The summed E-state index contributed by atoms with van der Waals surface area (Å²) in [5.41, 5.74) is 0. The second-order valence-corrected chi connectivity index (χ2v) is 12.9. The molecule has 0 radical (unpaired) electrons. The average molecular weight is 501 g/mol. The standard InChI is InChI=1S/C30H52N4O2/c1-21(35)31-24-18-14-23(15-19-24)30(36)32-25-16-11-22(12-17-25)13-20-29-33-27-9-5-6-10-28(27)34(29)26-7-3-2-4-8-26/h22-29,33H,2-20H2,1H3,(H,31,35)(H,32,36). The van der Waals surface area contributed by atoms with Gasteiger partial charge in [-0.05, 0) is 95.8 Å². The highest BCUT2D eigenvalue weighted by atomic mass is 16.2. The molecular weight excluding hydrogens is 448 g/mol. The molecule has 5 rings (SSSR count). The number of rotatable bonds is 7. The zero-order valence-electron chi connectivity index (χ0n) is 22.8. The second-order valence-electron chi connectivity index (χ2n) is 12.9. The SMILES string of the molecule is CC(=O)NC1CCC(C(=O)NC2CCC(CCC3NC4CCCCC4N3C3CCCCC3)CC2)CC1. The molecule has 4 saturated carbocycles. The number of hydrogen-bond donors (Lipinski definition) is 3. The third kappa shape index (κ3) is 6.64. The van der Waals surface area contributed by atoms with Crippen molar-refractivity contribution in [3.8, 4) is 0 Å². The monoisotopic (exact) mass is 500 g/mol. The van der Waals surface area contributed by atoms with E-state index in [2.05, 4.69) is 20.9 Å². The maximum atomic E-state index is 12.9. The van der Waals surface area contributed by atoms with Crippen LogP contribution >= 0.6 is 0 Å². The average Bonchev–Trinajstić information content (AvgIpc) is 3.27. The van der Waals surface area contributed by atoms with Crippen LogP contribution in [0.4, 0.5) is 0 Å². The van der Waals surface area contributed by atoms with Crippen LogP contribution in [0.3, 0.4) is 0 Å². The van der Waals surface area contributed by atoms with Crippen molar-refractivity contribution in [3.05, 3.63) is 0 Å². The Kier molecular flexibility index (Phi) is 9.27. The van der Waals surface area contributed by atoms with Gasteiger partial charge in [0.2, 0.25) is 11.8 Å². The van der Waals surface area contributed by atoms with Crippen LogP contribution in [0.5, 0.6) is 0 Å². The number of carbonyl (C=O) groups excluding carboxylic acids is 2. The summed E-state index contributed by atoms with van der Waals surface area (Å²) < 4.78 is 0. The first-order valence-corrected chi connectivity index (χ1v) is 15.7. The van der Waals surface area contributed by atoms with E-state index in [9.17, 15) is 9.59 Å².